The highest BCUT2D eigenvalue weighted by Gasteiger charge is 2.13. The number of nitrogens with zero attached hydrogens (tertiary/aromatic N) is 1. The van der Waals surface area contributed by atoms with E-state index < -0.39 is 0 Å². The van der Waals surface area contributed by atoms with Crippen molar-refractivity contribution < 1.29 is 0 Å². The Morgan fingerprint density at radius 1 is 1.14 bits per heavy atom. The van der Waals surface area contributed by atoms with Crippen LogP contribution in [0.3, 0.4) is 0 Å². The molecule has 0 unspecified atom stereocenters. The van der Waals surface area contributed by atoms with Crippen molar-refractivity contribution in [2.24, 2.45) is 4.99 Å². The lowest BCUT2D eigenvalue weighted by Crippen LogP contribution is -1.91. The van der Waals surface area contributed by atoms with Gasteiger partial charge in [0.2, 0.25) is 0 Å². The second-order valence-corrected chi connectivity index (χ2v) is 3.32. The summed E-state index contributed by atoms with van der Waals surface area (Å²) in [7, 11) is 0. The van der Waals surface area contributed by atoms with Crippen molar-refractivity contribution in [1.82, 2.24) is 0 Å². The van der Waals surface area contributed by atoms with E-state index in [1.165, 1.54) is 5.56 Å². The first-order valence-electron chi connectivity index (χ1n) is 4.67. The maximum absolute atomic E-state index is 4.38. The van der Waals surface area contributed by atoms with Crippen molar-refractivity contribution in [2.75, 3.05) is 0 Å². The molecule has 1 aromatic rings. The van der Waals surface area contributed by atoms with E-state index in [2.05, 4.69) is 24.0 Å². The van der Waals surface area contributed by atoms with Gasteiger partial charge in [0, 0.05) is 12.1 Å². The van der Waals surface area contributed by atoms with Gasteiger partial charge in [0.1, 0.15) is 0 Å². The van der Waals surface area contributed by atoms with Crippen molar-refractivity contribution >= 4 is 11.9 Å². The lowest BCUT2D eigenvalue weighted by Gasteiger charge is -1.99. The zero-order valence-electron chi connectivity index (χ0n) is 8.14. The summed E-state index contributed by atoms with van der Waals surface area (Å²) in [6.45, 7) is 2.07. The van der Waals surface area contributed by atoms with Crippen LogP contribution >= 0.6 is 0 Å². The van der Waals surface area contributed by atoms with Gasteiger partial charge >= 0.3 is 0 Å². The smallest absolute Gasteiger partial charge is 0.0628 e. The highest BCUT2D eigenvalue weighted by atomic mass is 14.7. The predicted octanol–water partition coefficient (Wildman–Crippen LogP) is 3.10. The fraction of sp³-hybridized carbons (Fsp3) is 0.0769. The van der Waals surface area contributed by atoms with Crippen molar-refractivity contribution in [3.05, 3.63) is 61.4 Å². The Morgan fingerprint density at radius 2 is 1.93 bits per heavy atom. The van der Waals surface area contributed by atoms with E-state index in [0.29, 0.717) is 0 Å². The quantitative estimate of drug-likeness (QED) is 0.623. The third-order valence-electron chi connectivity index (χ3n) is 2.05. The molecular formula is C13H12N. The van der Waals surface area contributed by atoms with Crippen LogP contribution in [-0.4, -0.2) is 6.21 Å². The van der Waals surface area contributed by atoms with Crippen LogP contribution in [0, 0.1) is 38.5 Å². The third kappa shape index (κ3) is 2.44. The standard InChI is InChI=1S/C13H12N/c1-11-5-4-8-13(9-11)14-10-12-6-2-3-7-12/h2-10H,1H3. The van der Waals surface area contributed by atoms with Crippen molar-refractivity contribution in [1.29, 1.82) is 0 Å². The Bertz CT molecular complexity index is 322. The van der Waals surface area contributed by atoms with E-state index in [9.17, 15) is 0 Å². The van der Waals surface area contributed by atoms with Gasteiger partial charge in [0.25, 0.3) is 0 Å². The average molecular weight is 182 g/mol. The van der Waals surface area contributed by atoms with Gasteiger partial charge in [0.15, 0.2) is 0 Å². The zero-order chi connectivity index (χ0) is 9.80. The fourth-order valence-electron chi connectivity index (χ4n) is 1.33. The average Bonchev–Trinajstić information content (AvgIpc) is 2.67. The molecular weight excluding hydrogens is 170 g/mol. The van der Waals surface area contributed by atoms with Crippen LogP contribution in [0.4, 0.5) is 5.69 Å². The van der Waals surface area contributed by atoms with E-state index in [4.69, 9.17) is 0 Å². The van der Waals surface area contributed by atoms with Gasteiger partial charge in [-0.25, -0.2) is 0 Å². The summed E-state index contributed by atoms with van der Waals surface area (Å²) in [6, 6.07) is 8.17. The summed E-state index contributed by atoms with van der Waals surface area (Å²) in [4.78, 5) is 4.38. The van der Waals surface area contributed by atoms with Crippen LogP contribution in [0.15, 0.2) is 29.3 Å². The molecule has 69 valence electrons. The van der Waals surface area contributed by atoms with E-state index >= 15 is 0 Å². The molecule has 1 aliphatic rings. The van der Waals surface area contributed by atoms with Gasteiger partial charge < -0.3 is 0 Å². The van der Waals surface area contributed by atoms with Crippen LogP contribution in [0.2, 0.25) is 0 Å². The number of aryl methyl sites for hydroxylation is 1. The molecule has 14 heavy (non-hydrogen) atoms. The van der Waals surface area contributed by atoms with Gasteiger partial charge in [0.05, 0.1) is 5.69 Å². The fourth-order valence-corrected chi connectivity index (χ4v) is 1.33. The summed E-state index contributed by atoms with van der Waals surface area (Å²) in [5.41, 5.74) is 2.24. The first-order chi connectivity index (χ1) is 6.84. The Labute approximate surface area is 85.9 Å². The van der Waals surface area contributed by atoms with Crippen molar-refractivity contribution in [2.45, 2.75) is 6.92 Å². The van der Waals surface area contributed by atoms with Crippen LogP contribution in [0.1, 0.15) is 5.56 Å². The maximum Gasteiger partial charge on any atom is 0.0628 e. The minimum Gasteiger partial charge on any atom is -0.261 e. The Hall–Kier alpha value is -1.11. The molecule has 1 nitrogen and oxygen atoms in total. The van der Waals surface area contributed by atoms with Crippen LogP contribution in [0.25, 0.3) is 0 Å². The monoisotopic (exact) mass is 182 g/mol. The van der Waals surface area contributed by atoms with Crippen LogP contribution < -0.4 is 0 Å². The molecule has 0 bridgehead atoms. The Balaban J connectivity index is 2.02. The van der Waals surface area contributed by atoms with E-state index in [0.717, 1.165) is 11.6 Å². The second-order valence-electron chi connectivity index (χ2n) is 3.32. The minimum atomic E-state index is 1.01. The van der Waals surface area contributed by atoms with Gasteiger partial charge in [-0.15, -0.1) is 0 Å². The Morgan fingerprint density at radius 3 is 2.64 bits per heavy atom. The molecule has 0 atom stereocenters. The molecule has 1 saturated carbocycles. The molecule has 0 aliphatic heterocycles. The van der Waals surface area contributed by atoms with Gasteiger partial charge in [-0.3, -0.25) is 4.99 Å². The molecule has 0 amide bonds. The normalized spacial score (nSPS) is 18.1. The zero-order valence-corrected chi connectivity index (χ0v) is 8.14. The molecule has 0 saturated heterocycles. The molecule has 1 fully saturated rings. The second kappa shape index (κ2) is 4.41. The highest BCUT2D eigenvalue weighted by molar-refractivity contribution is 5.84. The van der Waals surface area contributed by atoms with E-state index in [1.807, 2.05) is 44.0 Å². The van der Waals surface area contributed by atoms with Crippen LogP contribution in [-0.2, 0) is 0 Å². The number of hydrogen-bond donors (Lipinski definition) is 0. The van der Waals surface area contributed by atoms with Gasteiger partial charge in [-0.2, -0.15) is 0 Å². The van der Waals surface area contributed by atoms with Gasteiger partial charge in [-0.05, 0) is 50.3 Å². The Kier molecular flexibility index (Phi) is 2.97. The minimum absolute atomic E-state index is 1.01. The van der Waals surface area contributed by atoms with Gasteiger partial charge in [-0.1, -0.05) is 12.1 Å². The number of rotatable bonds is 2. The summed E-state index contributed by atoms with van der Waals surface area (Å²) in [6.07, 6.45) is 9.99. The molecule has 2 rings (SSSR count). The SMILES string of the molecule is Cc1cccc(N=C[C]2[CH][CH][CH][CH]2)c1. The highest BCUT2D eigenvalue weighted by Crippen LogP contribution is 2.22. The molecule has 1 aromatic carbocycles. The lowest BCUT2D eigenvalue weighted by atomic mass is 10.1. The first-order valence-corrected chi connectivity index (χ1v) is 4.67. The number of hydrogen-bond acceptors (Lipinski definition) is 1. The number of aliphatic imine (C=N–C) groups is 1. The topological polar surface area (TPSA) is 12.4 Å². The third-order valence-corrected chi connectivity index (χ3v) is 2.05. The molecule has 0 N–H and O–H groups in total. The van der Waals surface area contributed by atoms with Crippen molar-refractivity contribution in [3.63, 3.8) is 0 Å². The molecule has 5 radical (unpaired) electrons. The first kappa shape index (κ1) is 9.45. The summed E-state index contributed by atoms with van der Waals surface area (Å²) in [5.74, 6) is 1.14. The molecule has 0 aromatic heterocycles. The predicted molar refractivity (Wildman–Crippen MR) is 59.8 cm³/mol. The lowest BCUT2D eigenvalue weighted by molar-refractivity contribution is 1.40. The molecule has 0 heterocycles. The van der Waals surface area contributed by atoms with E-state index in [1.54, 1.807) is 0 Å². The molecule has 1 aliphatic carbocycles. The molecule has 0 spiro atoms. The summed E-state index contributed by atoms with van der Waals surface area (Å²) < 4.78 is 0. The molecule has 1 heteroatoms. The maximum atomic E-state index is 4.38. The van der Waals surface area contributed by atoms with Crippen molar-refractivity contribution in [3.8, 4) is 0 Å². The van der Waals surface area contributed by atoms with E-state index in [-0.39, 0.29) is 0 Å². The number of benzene rings is 1. The summed E-state index contributed by atoms with van der Waals surface area (Å²) >= 11 is 0. The van der Waals surface area contributed by atoms with Crippen LogP contribution in [0.5, 0.6) is 0 Å². The summed E-state index contributed by atoms with van der Waals surface area (Å²) in [5, 5.41) is 0. The largest absolute Gasteiger partial charge is 0.261 e.